The van der Waals surface area contributed by atoms with Gasteiger partial charge in [0, 0.05) is 19.4 Å². The number of rotatable bonds is 51. The van der Waals surface area contributed by atoms with E-state index in [1.165, 1.54) is 122 Å². The number of hydrogen-bond donors (Lipinski definition) is 2. The summed E-state index contributed by atoms with van der Waals surface area (Å²) in [5, 5.41) is 0. The molecule has 388 valence electrons. The van der Waals surface area contributed by atoms with Crippen LogP contribution in [0.2, 0.25) is 0 Å². The summed E-state index contributed by atoms with van der Waals surface area (Å²) in [6, 6.07) is 0. The van der Waals surface area contributed by atoms with Crippen LogP contribution in [0.1, 0.15) is 245 Å². The van der Waals surface area contributed by atoms with Crippen LogP contribution < -0.4 is 5.73 Å². The van der Waals surface area contributed by atoms with Gasteiger partial charge < -0.3 is 20.1 Å². The van der Waals surface area contributed by atoms with Crippen molar-refractivity contribution >= 4 is 19.8 Å². The minimum absolute atomic E-state index is 0.0500. The van der Waals surface area contributed by atoms with Gasteiger partial charge in [-0.2, -0.15) is 0 Å². The fourth-order valence-electron chi connectivity index (χ4n) is 7.54. The summed E-state index contributed by atoms with van der Waals surface area (Å²) in [6.07, 6.45) is 66.7. The second kappa shape index (κ2) is 52.8. The standard InChI is InChI=1S/C57H102NO8P/c1-3-5-7-9-11-13-15-17-19-20-21-22-23-24-25-26-27-28-29-30-31-32-33-34-36-38-40-42-44-46-48-50-57(60)66-55(54-65-67(61,62)64-52-51-58)53-63-56(59)49-47-45-43-41-39-37-35-18-16-14-12-10-8-6-4-2/h5,7,11-14,17-19,21-22,35,55H,3-4,6,8-10,15-16,20,23-34,36-54,58H2,1-2H3,(H,61,62)/b7-5-,13-11-,14-12-,19-17-,22-21-,35-18-. The molecular formula is C57H102NO8P. The number of allylic oxidation sites excluding steroid dienone is 12. The Balaban J connectivity index is 3.92. The van der Waals surface area contributed by atoms with E-state index in [0.717, 1.165) is 83.5 Å². The number of carbonyl (C=O) groups is 2. The van der Waals surface area contributed by atoms with Crippen molar-refractivity contribution in [3.63, 3.8) is 0 Å². The molecular weight excluding hydrogens is 858 g/mol. The zero-order chi connectivity index (χ0) is 48.8. The van der Waals surface area contributed by atoms with Gasteiger partial charge in [0.2, 0.25) is 0 Å². The van der Waals surface area contributed by atoms with Crippen LogP contribution in [-0.2, 0) is 32.7 Å². The summed E-state index contributed by atoms with van der Waals surface area (Å²) in [7, 11) is -4.39. The van der Waals surface area contributed by atoms with Gasteiger partial charge in [-0.25, -0.2) is 4.57 Å². The fraction of sp³-hybridized carbons (Fsp3) is 0.754. The molecule has 10 heteroatoms. The van der Waals surface area contributed by atoms with E-state index in [2.05, 4.69) is 86.8 Å². The first-order valence-corrected chi connectivity index (χ1v) is 28.9. The number of carbonyl (C=O) groups excluding carboxylic acids is 2. The number of nitrogens with two attached hydrogens (primary N) is 1. The fourth-order valence-corrected chi connectivity index (χ4v) is 8.31. The molecule has 2 atom stereocenters. The molecule has 0 aromatic heterocycles. The monoisotopic (exact) mass is 960 g/mol. The van der Waals surface area contributed by atoms with Crippen LogP contribution in [0.5, 0.6) is 0 Å². The van der Waals surface area contributed by atoms with Crippen LogP contribution in [0, 0.1) is 0 Å². The van der Waals surface area contributed by atoms with E-state index < -0.39 is 32.5 Å². The van der Waals surface area contributed by atoms with Gasteiger partial charge >= 0.3 is 19.8 Å². The second-order valence-corrected chi connectivity index (χ2v) is 19.5. The highest BCUT2D eigenvalue weighted by atomic mass is 31.2. The van der Waals surface area contributed by atoms with Crippen molar-refractivity contribution < 1.29 is 37.6 Å². The molecule has 2 unspecified atom stereocenters. The third kappa shape index (κ3) is 52.7. The van der Waals surface area contributed by atoms with E-state index in [1.807, 2.05) is 0 Å². The van der Waals surface area contributed by atoms with Crippen LogP contribution in [0.4, 0.5) is 0 Å². The zero-order valence-electron chi connectivity index (χ0n) is 43.1. The first-order chi connectivity index (χ1) is 32.8. The summed E-state index contributed by atoms with van der Waals surface area (Å²) in [5.74, 6) is -0.840. The van der Waals surface area contributed by atoms with E-state index in [9.17, 15) is 19.0 Å². The maximum absolute atomic E-state index is 12.7. The highest BCUT2D eigenvalue weighted by Crippen LogP contribution is 2.43. The summed E-state index contributed by atoms with van der Waals surface area (Å²) in [6.45, 7) is 3.60. The van der Waals surface area contributed by atoms with Gasteiger partial charge in [-0.15, -0.1) is 0 Å². The van der Waals surface area contributed by atoms with Crippen LogP contribution in [0.3, 0.4) is 0 Å². The summed E-state index contributed by atoms with van der Waals surface area (Å²) in [4.78, 5) is 35.1. The van der Waals surface area contributed by atoms with Crippen molar-refractivity contribution in [2.24, 2.45) is 5.73 Å². The summed E-state index contributed by atoms with van der Waals surface area (Å²) in [5.41, 5.74) is 5.37. The average Bonchev–Trinajstić information content (AvgIpc) is 3.32. The number of ether oxygens (including phenoxy) is 2. The van der Waals surface area contributed by atoms with Crippen molar-refractivity contribution in [2.75, 3.05) is 26.4 Å². The number of unbranched alkanes of at least 4 members (excludes halogenated alkanes) is 26. The number of phosphoric acid groups is 1. The Morgan fingerprint density at radius 1 is 0.463 bits per heavy atom. The molecule has 3 N–H and O–H groups in total. The van der Waals surface area contributed by atoms with Crippen LogP contribution >= 0.6 is 7.82 Å². The van der Waals surface area contributed by atoms with Gasteiger partial charge in [0.05, 0.1) is 13.2 Å². The minimum atomic E-state index is -4.39. The molecule has 0 fully saturated rings. The lowest BCUT2D eigenvalue weighted by molar-refractivity contribution is -0.161. The smallest absolute Gasteiger partial charge is 0.462 e. The van der Waals surface area contributed by atoms with Crippen molar-refractivity contribution in [1.82, 2.24) is 0 Å². The molecule has 0 heterocycles. The lowest BCUT2D eigenvalue weighted by Crippen LogP contribution is -2.29. The Morgan fingerprint density at radius 3 is 1.22 bits per heavy atom. The molecule has 0 saturated carbocycles. The van der Waals surface area contributed by atoms with E-state index in [1.54, 1.807) is 0 Å². The first kappa shape index (κ1) is 64.5. The molecule has 0 rings (SSSR count). The van der Waals surface area contributed by atoms with Gasteiger partial charge in [-0.1, -0.05) is 222 Å². The molecule has 0 aliphatic carbocycles. The molecule has 0 spiro atoms. The third-order valence-corrected chi connectivity index (χ3v) is 12.6. The Bertz CT molecular complexity index is 1320. The van der Waals surface area contributed by atoms with Crippen LogP contribution in [0.25, 0.3) is 0 Å². The predicted octanol–water partition coefficient (Wildman–Crippen LogP) is 17.0. The summed E-state index contributed by atoms with van der Waals surface area (Å²) < 4.78 is 32.9. The molecule has 0 radical (unpaired) electrons. The Kier molecular flexibility index (Phi) is 50.8. The Labute approximate surface area is 411 Å². The lowest BCUT2D eigenvalue weighted by Gasteiger charge is -2.19. The predicted molar refractivity (Wildman–Crippen MR) is 284 cm³/mol. The molecule has 0 saturated heterocycles. The van der Waals surface area contributed by atoms with E-state index in [4.69, 9.17) is 24.3 Å². The van der Waals surface area contributed by atoms with E-state index in [-0.39, 0.29) is 32.6 Å². The maximum atomic E-state index is 12.7. The van der Waals surface area contributed by atoms with E-state index in [0.29, 0.717) is 12.8 Å². The number of esters is 2. The molecule has 0 amide bonds. The van der Waals surface area contributed by atoms with Crippen molar-refractivity contribution in [3.05, 3.63) is 72.9 Å². The van der Waals surface area contributed by atoms with Gasteiger partial charge in [-0.05, 0) is 83.5 Å². The maximum Gasteiger partial charge on any atom is 0.472 e. The molecule has 0 bridgehead atoms. The lowest BCUT2D eigenvalue weighted by atomic mass is 10.0. The molecule has 0 aliphatic heterocycles. The molecule has 9 nitrogen and oxygen atoms in total. The van der Waals surface area contributed by atoms with E-state index >= 15 is 0 Å². The first-order valence-electron chi connectivity index (χ1n) is 27.4. The second-order valence-electron chi connectivity index (χ2n) is 18.1. The van der Waals surface area contributed by atoms with Crippen LogP contribution in [-0.4, -0.2) is 49.3 Å². The van der Waals surface area contributed by atoms with Crippen LogP contribution in [0.15, 0.2) is 72.9 Å². The SMILES string of the molecule is CC/C=C\C/C=C\C/C=C\C/C=C\CCCCCCCCCCCCCCCCCCCCC(=O)OC(COC(=O)CCCCCCC/C=C\C/C=C\CCCCC)COP(=O)(O)OCCN. The Hall–Kier alpha value is -2.55. The van der Waals surface area contributed by atoms with Gasteiger partial charge in [0.1, 0.15) is 6.61 Å². The highest BCUT2D eigenvalue weighted by Gasteiger charge is 2.26. The quantitative estimate of drug-likeness (QED) is 0.0264. The molecule has 67 heavy (non-hydrogen) atoms. The van der Waals surface area contributed by atoms with Crippen molar-refractivity contribution in [2.45, 2.75) is 251 Å². The molecule has 0 aromatic carbocycles. The Morgan fingerprint density at radius 2 is 0.821 bits per heavy atom. The van der Waals surface area contributed by atoms with Gasteiger partial charge in [-0.3, -0.25) is 18.6 Å². The molecule has 0 aromatic rings. The normalized spacial score (nSPS) is 13.7. The number of hydrogen-bond acceptors (Lipinski definition) is 8. The largest absolute Gasteiger partial charge is 0.472 e. The van der Waals surface area contributed by atoms with Gasteiger partial charge in [0.25, 0.3) is 0 Å². The topological polar surface area (TPSA) is 134 Å². The van der Waals surface area contributed by atoms with Crippen molar-refractivity contribution in [3.8, 4) is 0 Å². The molecule has 0 aliphatic rings. The highest BCUT2D eigenvalue weighted by molar-refractivity contribution is 7.47. The summed E-state index contributed by atoms with van der Waals surface area (Å²) >= 11 is 0. The number of phosphoric ester groups is 1. The third-order valence-electron chi connectivity index (χ3n) is 11.6. The van der Waals surface area contributed by atoms with Gasteiger partial charge in [0.15, 0.2) is 6.10 Å². The zero-order valence-corrected chi connectivity index (χ0v) is 44.0. The average molecular weight is 960 g/mol. The minimum Gasteiger partial charge on any atom is -0.462 e. The van der Waals surface area contributed by atoms with Crippen molar-refractivity contribution in [1.29, 1.82) is 0 Å².